The molecule has 0 N–H and O–H groups in total. The van der Waals surface area contributed by atoms with Crippen LogP contribution < -0.4 is 14.9 Å². The van der Waals surface area contributed by atoms with Gasteiger partial charge >= 0.3 is 5.97 Å². The van der Waals surface area contributed by atoms with Gasteiger partial charge in [0.25, 0.3) is 5.56 Å². The van der Waals surface area contributed by atoms with E-state index in [1.165, 1.54) is 11.3 Å². The number of ether oxygens (including phenoxy) is 1. The first kappa shape index (κ1) is 21.3. The van der Waals surface area contributed by atoms with Crippen LogP contribution in [-0.2, 0) is 9.53 Å². The van der Waals surface area contributed by atoms with E-state index in [9.17, 15) is 9.59 Å². The summed E-state index contributed by atoms with van der Waals surface area (Å²) in [5, 5.41) is 0.470. The first-order valence-electron chi connectivity index (χ1n) is 9.91. The summed E-state index contributed by atoms with van der Waals surface area (Å²) in [7, 11) is 0. The number of benzene rings is 2. The Morgan fingerprint density at radius 1 is 1.19 bits per heavy atom. The third kappa shape index (κ3) is 4.01. The number of fused-ring (bicyclic) bond motifs is 1. The van der Waals surface area contributed by atoms with Gasteiger partial charge in [0.15, 0.2) is 4.80 Å². The molecule has 31 heavy (non-hydrogen) atoms. The van der Waals surface area contributed by atoms with Crippen LogP contribution in [-0.4, -0.2) is 17.1 Å². The molecule has 1 atom stereocenters. The lowest BCUT2D eigenvalue weighted by atomic mass is 9.96. The molecule has 0 saturated carbocycles. The summed E-state index contributed by atoms with van der Waals surface area (Å²) in [4.78, 5) is 31.4. The molecular weight excluding hydrogens is 432 g/mol. The molecule has 1 aliphatic rings. The van der Waals surface area contributed by atoms with Crippen molar-refractivity contribution in [3.8, 4) is 0 Å². The van der Waals surface area contributed by atoms with Gasteiger partial charge in [0.2, 0.25) is 0 Å². The van der Waals surface area contributed by atoms with Crippen LogP contribution in [0.4, 0.5) is 0 Å². The van der Waals surface area contributed by atoms with Crippen molar-refractivity contribution in [3.63, 3.8) is 0 Å². The Kier molecular flexibility index (Phi) is 5.94. The number of halogens is 1. The molecule has 2 aromatic carbocycles. The van der Waals surface area contributed by atoms with Gasteiger partial charge in [0, 0.05) is 5.02 Å². The van der Waals surface area contributed by atoms with Gasteiger partial charge in [-0.2, -0.15) is 0 Å². The molecule has 3 aromatic rings. The first-order chi connectivity index (χ1) is 14.9. The van der Waals surface area contributed by atoms with E-state index < -0.39 is 12.0 Å². The molecule has 0 unspecified atom stereocenters. The number of nitrogens with zero attached hydrogens (tertiary/aromatic N) is 2. The molecule has 1 aromatic heterocycles. The van der Waals surface area contributed by atoms with Gasteiger partial charge in [-0.1, -0.05) is 71.0 Å². The van der Waals surface area contributed by atoms with E-state index in [2.05, 4.69) is 4.99 Å². The summed E-state index contributed by atoms with van der Waals surface area (Å²) in [5.41, 5.74) is 3.35. The van der Waals surface area contributed by atoms with Crippen molar-refractivity contribution >= 4 is 35.0 Å². The quantitative estimate of drug-likeness (QED) is 0.566. The average Bonchev–Trinajstić information content (AvgIpc) is 3.04. The number of aryl methyl sites for hydroxylation is 1. The van der Waals surface area contributed by atoms with E-state index in [-0.39, 0.29) is 12.2 Å². The van der Waals surface area contributed by atoms with Gasteiger partial charge < -0.3 is 4.74 Å². The van der Waals surface area contributed by atoms with Crippen molar-refractivity contribution in [1.82, 2.24) is 4.57 Å². The summed E-state index contributed by atoms with van der Waals surface area (Å²) in [5.74, 6) is -0.499. The number of aromatic nitrogens is 1. The molecule has 7 heteroatoms. The second kappa shape index (κ2) is 8.65. The molecular formula is C24H21ClN2O3S. The topological polar surface area (TPSA) is 60.7 Å². The third-order valence-electron chi connectivity index (χ3n) is 5.09. The van der Waals surface area contributed by atoms with Crippen LogP contribution in [0.3, 0.4) is 0 Å². The van der Waals surface area contributed by atoms with Gasteiger partial charge in [-0.3, -0.25) is 9.36 Å². The van der Waals surface area contributed by atoms with E-state index in [4.69, 9.17) is 16.3 Å². The minimum atomic E-state index is -0.704. The largest absolute Gasteiger partial charge is 0.463 e. The lowest BCUT2D eigenvalue weighted by molar-refractivity contribution is -0.139. The minimum absolute atomic E-state index is 0.219. The maximum absolute atomic E-state index is 13.5. The maximum atomic E-state index is 13.5. The van der Waals surface area contributed by atoms with Crippen LogP contribution in [0.1, 0.15) is 36.6 Å². The summed E-state index contributed by atoms with van der Waals surface area (Å²) in [6.45, 7) is 5.74. The highest BCUT2D eigenvalue weighted by atomic mass is 35.5. The van der Waals surface area contributed by atoms with Crippen molar-refractivity contribution in [3.05, 3.63) is 101 Å². The van der Waals surface area contributed by atoms with Gasteiger partial charge in [-0.05, 0) is 44.0 Å². The van der Waals surface area contributed by atoms with E-state index in [1.54, 1.807) is 24.5 Å². The van der Waals surface area contributed by atoms with Crippen molar-refractivity contribution < 1.29 is 9.53 Å². The van der Waals surface area contributed by atoms with E-state index in [1.807, 2.05) is 55.5 Å². The van der Waals surface area contributed by atoms with Crippen LogP contribution in [0.2, 0.25) is 5.02 Å². The Morgan fingerprint density at radius 2 is 1.90 bits per heavy atom. The molecule has 4 rings (SSSR count). The lowest BCUT2D eigenvalue weighted by Gasteiger charge is -2.25. The Morgan fingerprint density at radius 3 is 2.58 bits per heavy atom. The van der Waals surface area contributed by atoms with Gasteiger partial charge in [0.05, 0.1) is 22.4 Å². The molecule has 158 valence electrons. The van der Waals surface area contributed by atoms with Gasteiger partial charge in [-0.25, -0.2) is 9.79 Å². The molecule has 2 heterocycles. The first-order valence-corrected chi connectivity index (χ1v) is 11.1. The zero-order valence-electron chi connectivity index (χ0n) is 17.4. The molecule has 1 aliphatic heterocycles. The number of hydrogen-bond donors (Lipinski definition) is 0. The number of rotatable bonds is 4. The van der Waals surface area contributed by atoms with E-state index >= 15 is 0 Å². The predicted octanol–water partition coefficient (Wildman–Crippen LogP) is 3.76. The molecule has 0 fully saturated rings. The van der Waals surface area contributed by atoms with Gasteiger partial charge in [-0.15, -0.1) is 0 Å². The highest BCUT2D eigenvalue weighted by Crippen LogP contribution is 2.34. The zero-order valence-corrected chi connectivity index (χ0v) is 19.0. The molecule has 5 nitrogen and oxygen atoms in total. The van der Waals surface area contributed by atoms with Crippen molar-refractivity contribution in [2.24, 2.45) is 4.99 Å². The van der Waals surface area contributed by atoms with Crippen LogP contribution in [0.5, 0.6) is 0 Å². The van der Waals surface area contributed by atoms with Crippen molar-refractivity contribution in [2.75, 3.05) is 6.61 Å². The van der Waals surface area contributed by atoms with Crippen LogP contribution in [0.25, 0.3) is 6.08 Å². The second-order valence-electron chi connectivity index (χ2n) is 7.23. The number of allylic oxidation sites excluding steroid dienone is 1. The maximum Gasteiger partial charge on any atom is 0.338 e. The lowest BCUT2D eigenvalue weighted by Crippen LogP contribution is -2.40. The highest BCUT2D eigenvalue weighted by molar-refractivity contribution is 7.07. The Hall–Kier alpha value is -2.96. The van der Waals surface area contributed by atoms with Crippen LogP contribution >= 0.6 is 22.9 Å². The summed E-state index contributed by atoms with van der Waals surface area (Å²) >= 11 is 7.79. The van der Waals surface area contributed by atoms with E-state index in [0.717, 1.165) is 11.1 Å². The van der Waals surface area contributed by atoms with Crippen molar-refractivity contribution in [1.29, 1.82) is 0 Å². The SMILES string of the molecule is CCOC(=O)C1=C(C)N=c2s/c(=C/c3ccc(C)cc3)c(=O)n2[C@H]1c1ccccc1Cl. The van der Waals surface area contributed by atoms with Crippen LogP contribution in [0.15, 0.2) is 69.6 Å². The summed E-state index contributed by atoms with van der Waals surface area (Å²) < 4.78 is 7.38. The number of hydrogen-bond acceptors (Lipinski definition) is 5. The monoisotopic (exact) mass is 452 g/mol. The minimum Gasteiger partial charge on any atom is -0.463 e. The fourth-order valence-corrected chi connectivity index (χ4v) is 4.88. The third-order valence-corrected chi connectivity index (χ3v) is 6.42. The number of esters is 1. The number of carbonyl (C=O) groups excluding carboxylic acids is 1. The van der Waals surface area contributed by atoms with Crippen molar-refractivity contribution in [2.45, 2.75) is 26.8 Å². The Bertz CT molecular complexity index is 1370. The normalized spacial score (nSPS) is 16.1. The molecule has 0 saturated heterocycles. The van der Waals surface area contributed by atoms with Crippen LogP contribution in [0, 0.1) is 6.92 Å². The number of carbonyl (C=O) groups is 1. The molecule has 0 spiro atoms. The van der Waals surface area contributed by atoms with Gasteiger partial charge in [0.1, 0.15) is 6.04 Å². The second-order valence-corrected chi connectivity index (χ2v) is 8.65. The molecule has 0 bridgehead atoms. The standard InChI is InChI=1S/C24H21ClN2O3S/c1-4-30-23(29)20-15(3)26-24-27(21(20)17-7-5-6-8-18(17)25)22(28)19(31-24)13-16-11-9-14(2)10-12-16/h5-13,21H,4H2,1-3H3/b19-13+/t21-/m0/s1. The fourth-order valence-electron chi connectivity index (χ4n) is 3.60. The molecule has 0 amide bonds. The highest BCUT2D eigenvalue weighted by Gasteiger charge is 2.34. The zero-order chi connectivity index (χ0) is 22.1. The molecule has 0 aliphatic carbocycles. The Labute approximate surface area is 188 Å². The fraction of sp³-hybridized carbons (Fsp3) is 0.208. The predicted molar refractivity (Wildman–Crippen MR) is 123 cm³/mol. The smallest absolute Gasteiger partial charge is 0.338 e. The summed E-state index contributed by atoms with van der Waals surface area (Å²) in [6.07, 6.45) is 1.84. The Balaban J connectivity index is 1.97. The number of thiazole rings is 1. The molecule has 0 radical (unpaired) electrons. The van der Waals surface area contributed by atoms with E-state index in [0.29, 0.717) is 31.2 Å². The average molecular weight is 453 g/mol. The summed E-state index contributed by atoms with van der Waals surface area (Å²) in [6, 6.07) is 14.4.